The number of rotatable bonds is 4. The molecule has 0 N–H and O–H groups in total. The fourth-order valence-corrected chi connectivity index (χ4v) is 5.50. The number of hydrogen-bond donors (Lipinski definition) is 0. The van der Waals surface area contributed by atoms with E-state index in [9.17, 15) is 9.59 Å². The van der Waals surface area contributed by atoms with Gasteiger partial charge in [-0.3, -0.25) is 14.2 Å². The maximum Gasteiger partial charge on any atom is 0.265 e. The van der Waals surface area contributed by atoms with Crippen molar-refractivity contribution in [3.8, 4) is 5.69 Å². The molecule has 5 rings (SSSR count). The van der Waals surface area contributed by atoms with Gasteiger partial charge in [-0.15, -0.1) is 0 Å². The minimum atomic E-state index is -0.163. The molecule has 3 aromatic rings. The average Bonchev–Trinajstić information content (AvgIpc) is 3.39. The van der Waals surface area contributed by atoms with Gasteiger partial charge in [-0.1, -0.05) is 30.8 Å². The van der Waals surface area contributed by atoms with Crippen LogP contribution < -0.4 is 5.56 Å². The SMILES string of the molecule is CCN1CCN(C(=O)C[C@@H]2CSc3nc4c(cnn4-c4cccc(C)c4)c(=O)n32)CC1. The van der Waals surface area contributed by atoms with Crippen LogP contribution in [-0.4, -0.2) is 73.5 Å². The molecule has 0 spiro atoms. The molecule has 31 heavy (non-hydrogen) atoms. The van der Waals surface area contributed by atoms with Gasteiger partial charge in [0.2, 0.25) is 5.91 Å². The Hall–Kier alpha value is -2.65. The van der Waals surface area contributed by atoms with E-state index in [1.54, 1.807) is 15.4 Å². The highest BCUT2D eigenvalue weighted by atomic mass is 32.2. The van der Waals surface area contributed by atoms with Crippen molar-refractivity contribution < 1.29 is 4.79 Å². The number of aromatic nitrogens is 4. The van der Waals surface area contributed by atoms with Gasteiger partial charge in [0.1, 0.15) is 5.39 Å². The lowest BCUT2D eigenvalue weighted by Gasteiger charge is -2.34. The molecule has 0 radical (unpaired) electrons. The predicted molar refractivity (Wildman–Crippen MR) is 121 cm³/mol. The van der Waals surface area contributed by atoms with Gasteiger partial charge >= 0.3 is 0 Å². The topological polar surface area (TPSA) is 76.3 Å². The minimum Gasteiger partial charge on any atom is -0.340 e. The van der Waals surface area contributed by atoms with E-state index in [-0.39, 0.29) is 17.5 Å². The van der Waals surface area contributed by atoms with E-state index in [0.29, 0.717) is 28.4 Å². The molecule has 1 amide bonds. The lowest BCUT2D eigenvalue weighted by molar-refractivity contribution is -0.133. The molecule has 0 saturated carbocycles. The number of fused-ring (bicyclic) bond motifs is 2. The maximum atomic E-state index is 13.3. The van der Waals surface area contributed by atoms with Gasteiger partial charge in [-0.25, -0.2) is 9.67 Å². The summed E-state index contributed by atoms with van der Waals surface area (Å²) in [6.07, 6.45) is 1.93. The van der Waals surface area contributed by atoms with Crippen molar-refractivity contribution in [1.82, 2.24) is 29.1 Å². The Morgan fingerprint density at radius 3 is 2.77 bits per heavy atom. The number of likely N-dealkylation sites (N-methyl/N-ethyl adjacent to an activating group) is 1. The van der Waals surface area contributed by atoms with Gasteiger partial charge in [-0.05, 0) is 31.2 Å². The van der Waals surface area contributed by atoms with Crippen molar-refractivity contribution in [1.29, 1.82) is 0 Å². The second-order valence-corrected chi connectivity index (χ2v) is 9.17. The fourth-order valence-electron chi connectivity index (χ4n) is 4.37. The highest BCUT2D eigenvalue weighted by Gasteiger charge is 2.31. The number of carbonyl (C=O) groups excluding carboxylic acids is 1. The van der Waals surface area contributed by atoms with E-state index in [4.69, 9.17) is 4.98 Å². The number of aryl methyl sites for hydroxylation is 1. The highest BCUT2D eigenvalue weighted by molar-refractivity contribution is 7.99. The monoisotopic (exact) mass is 438 g/mol. The van der Waals surface area contributed by atoms with Crippen LogP contribution in [0.3, 0.4) is 0 Å². The largest absolute Gasteiger partial charge is 0.340 e. The van der Waals surface area contributed by atoms with Crippen LogP contribution in [0.4, 0.5) is 0 Å². The lowest BCUT2D eigenvalue weighted by atomic mass is 10.2. The van der Waals surface area contributed by atoms with Gasteiger partial charge in [0.15, 0.2) is 10.8 Å². The van der Waals surface area contributed by atoms with Crippen molar-refractivity contribution in [2.45, 2.75) is 31.5 Å². The van der Waals surface area contributed by atoms with Crippen molar-refractivity contribution in [3.63, 3.8) is 0 Å². The molecule has 1 saturated heterocycles. The zero-order chi connectivity index (χ0) is 21.5. The summed E-state index contributed by atoms with van der Waals surface area (Å²) < 4.78 is 3.42. The van der Waals surface area contributed by atoms with Crippen LogP contribution in [0.1, 0.15) is 24.9 Å². The Bertz CT molecular complexity index is 1190. The number of thioether (sulfide) groups is 1. The van der Waals surface area contributed by atoms with E-state index in [0.717, 1.165) is 44.0 Å². The number of piperazine rings is 1. The summed E-state index contributed by atoms with van der Waals surface area (Å²) in [6.45, 7) is 8.53. The molecule has 2 aromatic heterocycles. The number of hydrogen-bond acceptors (Lipinski definition) is 6. The summed E-state index contributed by atoms with van der Waals surface area (Å²) in [5.41, 5.74) is 2.45. The standard InChI is InChI=1S/C22H26N6O2S/c1-3-25-7-9-26(10-8-25)19(29)12-17-14-31-22-24-20-18(21(30)27(17)22)13-23-28(20)16-6-4-5-15(2)11-16/h4-6,11,13,17H,3,7-10,12,14H2,1-2H3/t17-/m1/s1. The van der Waals surface area contributed by atoms with Crippen molar-refractivity contribution >= 4 is 28.7 Å². The molecule has 1 aromatic carbocycles. The van der Waals surface area contributed by atoms with E-state index >= 15 is 0 Å². The van der Waals surface area contributed by atoms with Crippen molar-refractivity contribution in [2.24, 2.45) is 0 Å². The maximum absolute atomic E-state index is 13.3. The first-order valence-corrected chi connectivity index (χ1v) is 11.7. The Balaban J connectivity index is 1.42. The second-order valence-electron chi connectivity index (χ2n) is 8.19. The summed E-state index contributed by atoms with van der Waals surface area (Å²) in [6, 6.07) is 7.80. The molecule has 4 heterocycles. The number of amides is 1. The Morgan fingerprint density at radius 2 is 2.03 bits per heavy atom. The third-order valence-electron chi connectivity index (χ3n) is 6.20. The van der Waals surface area contributed by atoms with E-state index in [2.05, 4.69) is 16.9 Å². The molecule has 0 bridgehead atoms. The van der Waals surface area contributed by atoms with Crippen molar-refractivity contribution in [3.05, 3.63) is 46.4 Å². The Morgan fingerprint density at radius 1 is 1.23 bits per heavy atom. The molecule has 0 aliphatic carbocycles. The van der Waals surface area contributed by atoms with Crippen LogP contribution in [0.5, 0.6) is 0 Å². The number of benzene rings is 1. The molecule has 1 fully saturated rings. The predicted octanol–water partition coefficient (Wildman–Crippen LogP) is 2.09. The molecule has 2 aliphatic heterocycles. The second kappa shape index (κ2) is 8.12. The molecular weight excluding hydrogens is 412 g/mol. The van der Waals surface area contributed by atoms with Crippen LogP contribution in [0.25, 0.3) is 16.7 Å². The third kappa shape index (κ3) is 3.65. The quantitative estimate of drug-likeness (QED) is 0.581. The number of carbonyl (C=O) groups is 1. The minimum absolute atomic E-state index is 0.113. The van der Waals surface area contributed by atoms with E-state index in [1.165, 1.54) is 11.8 Å². The number of nitrogens with zero attached hydrogens (tertiary/aromatic N) is 6. The first kappa shape index (κ1) is 20.3. The molecule has 162 valence electrons. The van der Waals surface area contributed by atoms with Crippen LogP contribution in [-0.2, 0) is 4.79 Å². The molecule has 2 aliphatic rings. The van der Waals surface area contributed by atoms with Gasteiger partial charge in [0.05, 0.1) is 17.9 Å². The molecular formula is C22H26N6O2S. The first-order chi connectivity index (χ1) is 15.0. The lowest BCUT2D eigenvalue weighted by Crippen LogP contribution is -2.49. The molecule has 0 unspecified atom stereocenters. The summed E-state index contributed by atoms with van der Waals surface area (Å²) in [4.78, 5) is 35.3. The fraction of sp³-hybridized carbons (Fsp3) is 0.455. The highest BCUT2D eigenvalue weighted by Crippen LogP contribution is 2.33. The molecule has 1 atom stereocenters. The zero-order valence-electron chi connectivity index (χ0n) is 17.8. The summed E-state index contributed by atoms with van der Waals surface area (Å²) in [5.74, 6) is 0.810. The van der Waals surface area contributed by atoms with Crippen molar-refractivity contribution in [2.75, 3.05) is 38.5 Å². The van der Waals surface area contributed by atoms with E-state index in [1.807, 2.05) is 36.1 Å². The van der Waals surface area contributed by atoms with Crippen LogP contribution in [0.15, 0.2) is 40.4 Å². The van der Waals surface area contributed by atoms with Gasteiger partial charge in [-0.2, -0.15) is 5.10 Å². The third-order valence-corrected chi connectivity index (χ3v) is 7.30. The first-order valence-electron chi connectivity index (χ1n) is 10.8. The zero-order valence-corrected chi connectivity index (χ0v) is 18.6. The Labute approximate surface area is 184 Å². The average molecular weight is 439 g/mol. The smallest absolute Gasteiger partial charge is 0.265 e. The van der Waals surface area contributed by atoms with Gasteiger partial charge < -0.3 is 9.80 Å². The van der Waals surface area contributed by atoms with Gasteiger partial charge in [0, 0.05) is 38.4 Å². The normalized spacial score (nSPS) is 19.2. The van der Waals surface area contributed by atoms with Gasteiger partial charge in [0.25, 0.3) is 5.56 Å². The summed E-state index contributed by atoms with van der Waals surface area (Å²) in [5, 5.41) is 5.59. The molecule has 9 heteroatoms. The van der Waals surface area contributed by atoms with Crippen LogP contribution in [0.2, 0.25) is 0 Å². The summed E-state index contributed by atoms with van der Waals surface area (Å²) >= 11 is 1.54. The van der Waals surface area contributed by atoms with Crippen LogP contribution >= 0.6 is 11.8 Å². The molecule has 8 nitrogen and oxygen atoms in total. The Kier molecular flexibility index (Phi) is 5.31. The van der Waals surface area contributed by atoms with Crippen LogP contribution in [0, 0.1) is 6.92 Å². The summed E-state index contributed by atoms with van der Waals surface area (Å²) in [7, 11) is 0. The van der Waals surface area contributed by atoms with E-state index < -0.39 is 0 Å².